The van der Waals surface area contributed by atoms with Gasteiger partial charge in [0.15, 0.2) is 0 Å². The highest BCUT2D eigenvalue weighted by atomic mass is 16.5. The van der Waals surface area contributed by atoms with Crippen molar-refractivity contribution in [1.82, 2.24) is 20.1 Å². The third-order valence-electron chi connectivity index (χ3n) is 12.2. The number of carboxylic acids is 1. The van der Waals surface area contributed by atoms with Crippen LogP contribution in [-0.4, -0.2) is 92.3 Å². The van der Waals surface area contributed by atoms with Gasteiger partial charge in [-0.25, -0.2) is 4.79 Å². The summed E-state index contributed by atoms with van der Waals surface area (Å²) >= 11 is 0. The zero-order chi connectivity index (χ0) is 43.4. The normalized spacial score (nSPS) is 16.0. The van der Waals surface area contributed by atoms with Gasteiger partial charge in [0.2, 0.25) is 11.2 Å². The lowest BCUT2D eigenvalue weighted by molar-refractivity contribution is -0.155. The molecule has 1 spiro atoms. The third kappa shape index (κ3) is 8.68. The van der Waals surface area contributed by atoms with Crippen LogP contribution < -0.4 is 15.6 Å². The van der Waals surface area contributed by atoms with E-state index in [0.29, 0.717) is 72.5 Å². The number of likely N-dealkylation sites (tertiary alicyclic amines) is 2. The van der Waals surface area contributed by atoms with Crippen LogP contribution in [0.3, 0.4) is 0 Å². The second-order valence-corrected chi connectivity index (χ2v) is 16.3. The summed E-state index contributed by atoms with van der Waals surface area (Å²) in [7, 11) is 0. The summed E-state index contributed by atoms with van der Waals surface area (Å²) in [4.78, 5) is 57.1. The highest BCUT2D eigenvalue weighted by molar-refractivity contribution is 5.95. The Morgan fingerprint density at radius 1 is 0.774 bits per heavy atom. The summed E-state index contributed by atoms with van der Waals surface area (Å²) in [6.45, 7) is 3.60. The zero-order valence-electron chi connectivity index (χ0n) is 34.0. The van der Waals surface area contributed by atoms with Crippen molar-refractivity contribution in [3.63, 3.8) is 0 Å². The van der Waals surface area contributed by atoms with Crippen LogP contribution >= 0.6 is 0 Å². The summed E-state index contributed by atoms with van der Waals surface area (Å²) in [5, 5.41) is 46.0. The van der Waals surface area contributed by atoms with Crippen molar-refractivity contribution >= 4 is 28.7 Å². The van der Waals surface area contributed by atoms with Gasteiger partial charge in [-0.05, 0) is 96.6 Å². The number of benzene rings is 5. The van der Waals surface area contributed by atoms with Crippen LogP contribution in [0.25, 0.3) is 10.9 Å². The maximum absolute atomic E-state index is 13.4. The first kappa shape index (κ1) is 41.9. The number of amides is 2. The first-order chi connectivity index (χ1) is 29.9. The predicted molar refractivity (Wildman–Crippen MR) is 232 cm³/mol. The average Bonchev–Trinajstić information content (AvgIpc) is 3.29. The van der Waals surface area contributed by atoms with Crippen molar-refractivity contribution in [1.29, 1.82) is 0 Å². The number of aliphatic hydroxyl groups excluding tert-OH is 1. The van der Waals surface area contributed by atoms with Crippen molar-refractivity contribution in [3.8, 4) is 11.5 Å². The van der Waals surface area contributed by atoms with E-state index in [1.54, 1.807) is 72.8 Å². The molecule has 0 aliphatic carbocycles. The molecular formula is C49H48N4O9. The monoisotopic (exact) mass is 836 g/mol. The summed E-state index contributed by atoms with van der Waals surface area (Å²) in [6, 6.07) is 35.5. The smallest absolute Gasteiger partial charge is 0.345 e. The number of aromatic nitrogens is 1. The minimum Gasteiger partial charge on any atom is -0.506 e. The van der Waals surface area contributed by atoms with Crippen LogP contribution in [0.5, 0.6) is 11.5 Å². The molecule has 2 aliphatic heterocycles. The Morgan fingerprint density at radius 3 is 2.10 bits per heavy atom. The fourth-order valence-corrected chi connectivity index (χ4v) is 8.53. The highest BCUT2D eigenvalue weighted by Crippen LogP contribution is 2.41. The quantitative estimate of drug-likeness (QED) is 0.0777. The van der Waals surface area contributed by atoms with Gasteiger partial charge in [0.1, 0.15) is 18.1 Å². The molecule has 3 heterocycles. The Balaban J connectivity index is 0.764. The molecule has 0 radical (unpaired) electrons. The Labute approximate surface area is 357 Å². The maximum atomic E-state index is 13.4. The minimum absolute atomic E-state index is 0.000761. The lowest BCUT2D eigenvalue weighted by Gasteiger charge is -2.54. The van der Waals surface area contributed by atoms with E-state index in [9.17, 15) is 39.6 Å². The largest absolute Gasteiger partial charge is 0.506 e. The van der Waals surface area contributed by atoms with Crippen molar-refractivity contribution in [3.05, 3.63) is 177 Å². The second kappa shape index (κ2) is 17.7. The van der Waals surface area contributed by atoms with E-state index < -0.39 is 17.7 Å². The molecule has 2 fully saturated rings. The van der Waals surface area contributed by atoms with E-state index in [1.165, 1.54) is 18.2 Å². The Hall–Kier alpha value is -6.80. The van der Waals surface area contributed by atoms with Crippen LogP contribution in [-0.2, 0) is 23.4 Å². The van der Waals surface area contributed by atoms with Gasteiger partial charge in [-0.2, -0.15) is 0 Å². The number of ether oxygens (including phenoxy) is 1. The fraction of sp³-hybridized carbons (Fsp3) is 0.265. The minimum atomic E-state index is -2.24. The molecule has 2 amide bonds. The molecule has 1 aromatic heterocycles. The molecule has 5 aromatic carbocycles. The molecule has 0 unspecified atom stereocenters. The SMILES string of the molecule is O=C(c1ccc(CCNC[C@H](O)c2ccc(O)c3[nH]c(=O)ccc23)cc1)N1CCC2(CC1)CN(C(=O)c1ccc(COc3cccc([C@](O)(C(=O)O)c4ccccc4)c3)cc1)C2. The summed E-state index contributed by atoms with van der Waals surface area (Å²) in [5.41, 5.74) is 1.81. The van der Waals surface area contributed by atoms with Crippen molar-refractivity contribution in [2.75, 3.05) is 39.3 Å². The van der Waals surface area contributed by atoms with Crippen LogP contribution in [0.2, 0.25) is 0 Å². The van der Waals surface area contributed by atoms with E-state index in [4.69, 9.17) is 4.74 Å². The number of fused-ring (bicyclic) bond motifs is 1. The number of nitrogens with one attached hydrogen (secondary N) is 2. The number of carbonyl (C=O) groups is 3. The van der Waals surface area contributed by atoms with E-state index in [0.717, 1.165) is 24.0 Å². The number of carbonyl (C=O) groups excluding carboxylic acids is 2. The number of nitrogens with zero attached hydrogens (tertiary/aromatic N) is 2. The van der Waals surface area contributed by atoms with Crippen LogP contribution in [0.4, 0.5) is 0 Å². The van der Waals surface area contributed by atoms with E-state index in [1.807, 2.05) is 46.2 Å². The second-order valence-electron chi connectivity index (χ2n) is 16.3. The molecule has 13 nitrogen and oxygen atoms in total. The number of hydrogen-bond acceptors (Lipinski definition) is 9. The van der Waals surface area contributed by atoms with Crippen molar-refractivity contribution < 1.29 is 39.5 Å². The van der Waals surface area contributed by atoms with Crippen LogP contribution in [0, 0.1) is 5.41 Å². The van der Waals surface area contributed by atoms with E-state index in [-0.39, 0.29) is 52.8 Å². The lowest BCUT2D eigenvalue weighted by atomic mass is 9.71. The van der Waals surface area contributed by atoms with E-state index in [2.05, 4.69) is 10.3 Å². The van der Waals surface area contributed by atoms with Crippen molar-refractivity contribution in [2.45, 2.75) is 37.6 Å². The van der Waals surface area contributed by atoms with Crippen LogP contribution in [0.1, 0.15) is 67.5 Å². The molecule has 13 heteroatoms. The average molecular weight is 837 g/mol. The van der Waals surface area contributed by atoms with Crippen LogP contribution in [0.15, 0.2) is 132 Å². The molecule has 62 heavy (non-hydrogen) atoms. The molecule has 2 atom stereocenters. The number of phenolic OH excluding ortho intramolecular Hbond substituents is 1. The first-order valence-electron chi connectivity index (χ1n) is 20.7. The summed E-state index contributed by atoms with van der Waals surface area (Å²) in [6.07, 6.45) is 1.49. The number of aromatic hydroxyl groups is 1. The van der Waals surface area contributed by atoms with Gasteiger partial charge in [0.25, 0.3) is 11.8 Å². The number of aliphatic carboxylic acids is 1. The standard InChI is InChI=1S/C49H48N4O9/c54-41-19-17-39(40-18-20-43(56)51-44(40)41)42(55)28-50-24-21-32-9-13-34(14-10-32)45(57)52-25-22-48(23-26-52)30-53(31-48)46(58)35-15-11-33(12-16-35)29-62-38-8-4-7-37(27-38)49(61,47(59)60)36-5-2-1-3-6-36/h1-20,27,42,50,54-55,61H,21-26,28-31H2,(H,51,56)(H,59,60)/t42-,49-/m0/s1. The molecule has 0 bridgehead atoms. The molecule has 2 saturated heterocycles. The molecule has 0 saturated carbocycles. The van der Waals surface area contributed by atoms with Gasteiger partial charge in [0.05, 0.1) is 11.6 Å². The number of piperidine rings is 1. The third-order valence-corrected chi connectivity index (χ3v) is 12.2. The number of carboxylic acid groups (broad SMARTS) is 1. The molecule has 8 rings (SSSR count). The van der Waals surface area contributed by atoms with Crippen molar-refractivity contribution in [2.24, 2.45) is 5.41 Å². The highest BCUT2D eigenvalue weighted by Gasteiger charge is 2.47. The van der Waals surface area contributed by atoms with Gasteiger partial charge in [-0.15, -0.1) is 0 Å². The number of hydrogen-bond donors (Lipinski definition) is 6. The Bertz CT molecular complexity index is 2630. The van der Waals surface area contributed by atoms with E-state index >= 15 is 0 Å². The maximum Gasteiger partial charge on any atom is 0.345 e. The van der Waals surface area contributed by atoms with Gasteiger partial charge < -0.3 is 45.3 Å². The molecule has 6 N–H and O–H groups in total. The first-order valence-corrected chi connectivity index (χ1v) is 20.7. The fourth-order valence-electron chi connectivity index (χ4n) is 8.53. The number of aliphatic hydroxyl groups is 2. The van der Waals surface area contributed by atoms with Gasteiger partial charge in [-0.3, -0.25) is 14.4 Å². The Kier molecular flexibility index (Phi) is 11.9. The van der Waals surface area contributed by atoms with Gasteiger partial charge >= 0.3 is 5.97 Å². The van der Waals surface area contributed by atoms with Gasteiger partial charge in [0, 0.05) is 66.3 Å². The Morgan fingerprint density at radius 2 is 1.42 bits per heavy atom. The number of pyridine rings is 1. The molecular weight excluding hydrogens is 789 g/mol. The lowest BCUT2D eigenvalue weighted by Crippen LogP contribution is -2.62. The molecule has 6 aromatic rings. The predicted octanol–water partition coefficient (Wildman–Crippen LogP) is 5.38. The van der Waals surface area contributed by atoms with Gasteiger partial charge in [-0.1, -0.05) is 72.8 Å². The number of phenols is 1. The zero-order valence-corrected chi connectivity index (χ0v) is 34.0. The molecule has 318 valence electrons. The number of H-pyrrole nitrogens is 1. The topological polar surface area (TPSA) is 193 Å². The number of rotatable bonds is 14. The summed E-state index contributed by atoms with van der Waals surface area (Å²) < 4.78 is 5.96. The number of aromatic amines is 1. The summed E-state index contributed by atoms with van der Waals surface area (Å²) in [5.74, 6) is -1.10. The molecule has 2 aliphatic rings.